The molecule has 1 aromatic heterocycles. The highest BCUT2D eigenvalue weighted by molar-refractivity contribution is 5.34. The molecule has 4 heteroatoms. The Morgan fingerprint density at radius 2 is 2.05 bits per heavy atom. The third kappa shape index (κ3) is 3.08. The van der Waals surface area contributed by atoms with Gasteiger partial charge in [-0.15, -0.1) is 0 Å². The summed E-state index contributed by atoms with van der Waals surface area (Å²) < 4.78 is 7.76. The van der Waals surface area contributed by atoms with E-state index in [1.165, 1.54) is 5.56 Å². The molecule has 0 N–H and O–H groups in total. The van der Waals surface area contributed by atoms with Crippen LogP contribution < -0.4 is 0 Å². The Morgan fingerprint density at radius 3 is 2.70 bits per heavy atom. The third-order valence-electron chi connectivity index (χ3n) is 3.65. The zero-order valence-corrected chi connectivity index (χ0v) is 12.1. The summed E-state index contributed by atoms with van der Waals surface area (Å²) in [4.78, 5) is 6.53. The average Bonchev–Trinajstić information content (AvgIpc) is 2.92. The minimum absolute atomic E-state index is 0.0327. The lowest BCUT2D eigenvalue weighted by atomic mass is 10.1. The van der Waals surface area contributed by atoms with Crippen molar-refractivity contribution in [2.24, 2.45) is 0 Å². The van der Waals surface area contributed by atoms with Crippen molar-refractivity contribution in [3.63, 3.8) is 0 Å². The predicted octanol–water partition coefficient (Wildman–Crippen LogP) is 2.48. The van der Waals surface area contributed by atoms with E-state index in [9.17, 15) is 0 Å². The maximum atomic E-state index is 5.75. The number of hydrogen-bond acceptors (Lipinski definition) is 3. The van der Waals surface area contributed by atoms with Crippen molar-refractivity contribution in [2.75, 3.05) is 19.7 Å². The summed E-state index contributed by atoms with van der Waals surface area (Å²) >= 11 is 0. The number of benzene rings is 1. The number of rotatable bonds is 3. The van der Waals surface area contributed by atoms with Crippen LogP contribution in [0.2, 0.25) is 0 Å². The Hall–Kier alpha value is -1.65. The number of ether oxygens (including phenoxy) is 1. The van der Waals surface area contributed by atoms with E-state index in [2.05, 4.69) is 48.0 Å². The molecule has 0 aliphatic carbocycles. The van der Waals surface area contributed by atoms with Crippen LogP contribution in [-0.2, 0) is 11.3 Å². The number of imidazole rings is 1. The standard InChI is InChI=1S/C16H21N3O/c1-16(2)12-18(9-10-20-16)11-14-3-5-15(6-4-14)19-8-7-17-13-19/h3-8,13H,9-12H2,1-2H3. The molecular weight excluding hydrogens is 250 g/mol. The van der Waals surface area contributed by atoms with E-state index >= 15 is 0 Å². The van der Waals surface area contributed by atoms with Crippen LogP contribution in [0.15, 0.2) is 43.0 Å². The van der Waals surface area contributed by atoms with Gasteiger partial charge in [-0.3, -0.25) is 4.90 Å². The van der Waals surface area contributed by atoms with Crippen LogP contribution in [0, 0.1) is 0 Å². The van der Waals surface area contributed by atoms with E-state index in [0.717, 1.165) is 31.9 Å². The Bertz CT molecular complexity index is 546. The van der Waals surface area contributed by atoms with Gasteiger partial charge < -0.3 is 9.30 Å². The molecule has 106 valence electrons. The molecule has 2 aromatic rings. The van der Waals surface area contributed by atoms with E-state index in [1.54, 1.807) is 6.20 Å². The van der Waals surface area contributed by atoms with Crippen molar-refractivity contribution in [2.45, 2.75) is 26.0 Å². The van der Waals surface area contributed by atoms with Gasteiger partial charge in [-0.05, 0) is 31.5 Å². The van der Waals surface area contributed by atoms with E-state index in [4.69, 9.17) is 4.74 Å². The summed E-state index contributed by atoms with van der Waals surface area (Å²) in [5.74, 6) is 0. The summed E-state index contributed by atoms with van der Waals surface area (Å²) in [6.07, 6.45) is 5.57. The lowest BCUT2D eigenvalue weighted by molar-refractivity contribution is -0.0882. The number of hydrogen-bond donors (Lipinski definition) is 0. The minimum atomic E-state index is -0.0327. The molecule has 0 atom stereocenters. The van der Waals surface area contributed by atoms with Gasteiger partial charge in [0.15, 0.2) is 0 Å². The van der Waals surface area contributed by atoms with Crippen LogP contribution >= 0.6 is 0 Å². The first-order valence-electron chi connectivity index (χ1n) is 7.06. The van der Waals surface area contributed by atoms with Crippen molar-refractivity contribution >= 4 is 0 Å². The second kappa shape index (κ2) is 5.38. The monoisotopic (exact) mass is 271 g/mol. The molecule has 0 saturated carbocycles. The first-order chi connectivity index (χ1) is 9.62. The molecule has 20 heavy (non-hydrogen) atoms. The van der Waals surface area contributed by atoms with Crippen LogP contribution in [0.25, 0.3) is 5.69 Å². The van der Waals surface area contributed by atoms with E-state index in [1.807, 2.05) is 17.1 Å². The fourth-order valence-corrected chi connectivity index (χ4v) is 2.69. The van der Waals surface area contributed by atoms with Crippen molar-refractivity contribution in [3.8, 4) is 5.69 Å². The molecule has 1 saturated heterocycles. The molecule has 1 aliphatic rings. The first-order valence-corrected chi connectivity index (χ1v) is 7.06. The van der Waals surface area contributed by atoms with Crippen LogP contribution in [0.5, 0.6) is 0 Å². The molecular formula is C16H21N3O. The summed E-state index contributed by atoms with van der Waals surface area (Å²) in [6, 6.07) is 8.67. The van der Waals surface area contributed by atoms with Gasteiger partial charge in [0.05, 0.1) is 18.5 Å². The lowest BCUT2D eigenvalue weighted by Gasteiger charge is -2.38. The van der Waals surface area contributed by atoms with Crippen LogP contribution in [0.3, 0.4) is 0 Å². The fraction of sp³-hybridized carbons (Fsp3) is 0.438. The second-order valence-electron chi connectivity index (χ2n) is 5.96. The third-order valence-corrected chi connectivity index (χ3v) is 3.65. The Morgan fingerprint density at radius 1 is 1.25 bits per heavy atom. The zero-order chi connectivity index (χ0) is 14.0. The molecule has 3 rings (SSSR count). The highest BCUT2D eigenvalue weighted by Crippen LogP contribution is 2.19. The second-order valence-corrected chi connectivity index (χ2v) is 5.96. The van der Waals surface area contributed by atoms with Crippen molar-refractivity contribution in [1.29, 1.82) is 0 Å². The largest absolute Gasteiger partial charge is 0.373 e. The summed E-state index contributed by atoms with van der Waals surface area (Å²) in [7, 11) is 0. The normalized spacial score (nSPS) is 19.1. The zero-order valence-electron chi connectivity index (χ0n) is 12.1. The maximum absolute atomic E-state index is 5.75. The molecule has 1 aliphatic heterocycles. The van der Waals surface area contributed by atoms with E-state index in [0.29, 0.717) is 0 Å². The summed E-state index contributed by atoms with van der Waals surface area (Å²) in [6.45, 7) is 8.10. The van der Waals surface area contributed by atoms with Gasteiger partial charge >= 0.3 is 0 Å². The van der Waals surface area contributed by atoms with Gasteiger partial charge in [-0.1, -0.05) is 12.1 Å². The highest BCUT2D eigenvalue weighted by atomic mass is 16.5. The molecule has 0 radical (unpaired) electrons. The smallest absolute Gasteiger partial charge is 0.0991 e. The van der Waals surface area contributed by atoms with Crippen LogP contribution in [-0.4, -0.2) is 39.7 Å². The Kier molecular flexibility index (Phi) is 3.59. The highest BCUT2D eigenvalue weighted by Gasteiger charge is 2.26. The van der Waals surface area contributed by atoms with Gasteiger partial charge in [0.1, 0.15) is 0 Å². The molecule has 1 aromatic carbocycles. The van der Waals surface area contributed by atoms with Crippen molar-refractivity contribution < 1.29 is 4.74 Å². The van der Waals surface area contributed by atoms with E-state index in [-0.39, 0.29) is 5.60 Å². The first kappa shape index (κ1) is 13.3. The maximum Gasteiger partial charge on any atom is 0.0991 e. The van der Waals surface area contributed by atoms with Crippen molar-refractivity contribution in [1.82, 2.24) is 14.5 Å². The molecule has 2 heterocycles. The van der Waals surface area contributed by atoms with Crippen LogP contribution in [0.1, 0.15) is 19.4 Å². The van der Waals surface area contributed by atoms with Gasteiger partial charge in [0, 0.05) is 37.7 Å². The van der Waals surface area contributed by atoms with Crippen LogP contribution in [0.4, 0.5) is 0 Å². The van der Waals surface area contributed by atoms with Gasteiger partial charge in [0.2, 0.25) is 0 Å². The average molecular weight is 271 g/mol. The topological polar surface area (TPSA) is 30.3 Å². The number of morpholine rings is 1. The Labute approximate surface area is 120 Å². The molecule has 0 amide bonds. The lowest BCUT2D eigenvalue weighted by Crippen LogP contribution is -2.47. The number of aromatic nitrogens is 2. The fourth-order valence-electron chi connectivity index (χ4n) is 2.69. The Balaban J connectivity index is 1.66. The predicted molar refractivity (Wildman–Crippen MR) is 78.9 cm³/mol. The molecule has 0 bridgehead atoms. The summed E-state index contributed by atoms with van der Waals surface area (Å²) in [5, 5.41) is 0. The van der Waals surface area contributed by atoms with Gasteiger partial charge in [-0.2, -0.15) is 0 Å². The minimum Gasteiger partial charge on any atom is -0.373 e. The molecule has 0 spiro atoms. The SMILES string of the molecule is CC1(C)CN(Cc2ccc(-n3ccnc3)cc2)CCO1. The van der Waals surface area contributed by atoms with Gasteiger partial charge in [0.25, 0.3) is 0 Å². The summed E-state index contributed by atoms with van der Waals surface area (Å²) in [5.41, 5.74) is 2.45. The molecule has 4 nitrogen and oxygen atoms in total. The van der Waals surface area contributed by atoms with Crippen molar-refractivity contribution in [3.05, 3.63) is 48.5 Å². The molecule has 1 fully saturated rings. The quantitative estimate of drug-likeness (QED) is 0.859. The van der Waals surface area contributed by atoms with Gasteiger partial charge in [-0.25, -0.2) is 4.98 Å². The number of nitrogens with zero attached hydrogens (tertiary/aromatic N) is 3. The van der Waals surface area contributed by atoms with E-state index < -0.39 is 0 Å². The molecule has 0 unspecified atom stereocenters.